The molecule has 0 radical (unpaired) electrons. The monoisotopic (exact) mass is 324 g/mol. The first-order valence-corrected chi connectivity index (χ1v) is 7.61. The van der Waals surface area contributed by atoms with E-state index >= 15 is 0 Å². The maximum Gasteiger partial charge on any atom is 0.137 e. The summed E-state index contributed by atoms with van der Waals surface area (Å²) in [5.74, 6) is 0.582. The molecule has 2 nitrogen and oxygen atoms in total. The van der Waals surface area contributed by atoms with Gasteiger partial charge in [-0.15, -0.1) is 0 Å². The molecule has 2 atom stereocenters. The van der Waals surface area contributed by atoms with Gasteiger partial charge in [0.1, 0.15) is 5.75 Å². The van der Waals surface area contributed by atoms with Crippen molar-refractivity contribution >= 4 is 23.2 Å². The van der Waals surface area contributed by atoms with E-state index in [1.165, 1.54) is 5.56 Å². The molecule has 0 aliphatic heterocycles. The Hall–Kier alpha value is -1.22. The van der Waals surface area contributed by atoms with Gasteiger partial charge >= 0.3 is 0 Å². The number of benzene rings is 2. The Labute approximate surface area is 135 Å². The largest absolute Gasteiger partial charge is 0.492 e. The van der Waals surface area contributed by atoms with E-state index in [2.05, 4.69) is 0 Å². The van der Waals surface area contributed by atoms with E-state index in [4.69, 9.17) is 27.9 Å². The third-order valence-corrected chi connectivity index (χ3v) is 3.90. The van der Waals surface area contributed by atoms with Crippen molar-refractivity contribution in [3.05, 3.63) is 64.1 Å². The normalized spacial score (nSPS) is 13.7. The average molecular weight is 325 g/mol. The molecule has 0 heterocycles. The zero-order valence-electron chi connectivity index (χ0n) is 11.8. The molecular formula is C17H18Cl2O2. The van der Waals surface area contributed by atoms with E-state index in [1.54, 1.807) is 25.1 Å². The smallest absolute Gasteiger partial charge is 0.137 e. The van der Waals surface area contributed by atoms with Crippen molar-refractivity contribution in [2.75, 3.05) is 6.61 Å². The zero-order chi connectivity index (χ0) is 15.2. The highest BCUT2D eigenvalue weighted by Gasteiger charge is 2.17. The number of hydrogen-bond donors (Lipinski definition) is 1. The molecule has 0 amide bonds. The standard InChI is InChI=1S/C17H18Cl2O2/c1-12(20)14(9-13-5-3-2-4-6-13)11-21-17-8-7-15(18)10-16(17)19/h2-8,10,12,14,20H,9,11H2,1H3. The first-order chi connectivity index (χ1) is 10.1. The predicted molar refractivity (Wildman–Crippen MR) is 87.3 cm³/mol. The van der Waals surface area contributed by atoms with Gasteiger partial charge in [0, 0.05) is 10.9 Å². The van der Waals surface area contributed by atoms with Crippen molar-refractivity contribution in [2.45, 2.75) is 19.4 Å². The van der Waals surface area contributed by atoms with Crippen LogP contribution in [0, 0.1) is 5.92 Å². The minimum absolute atomic E-state index is 0.000792. The van der Waals surface area contributed by atoms with Crippen molar-refractivity contribution in [3.8, 4) is 5.75 Å². The Morgan fingerprint density at radius 1 is 1.10 bits per heavy atom. The van der Waals surface area contributed by atoms with Crippen LogP contribution in [-0.4, -0.2) is 17.8 Å². The number of rotatable bonds is 6. The SMILES string of the molecule is CC(O)C(COc1ccc(Cl)cc1Cl)Cc1ccccc1. The van der Waals surface area contributed by atoms with Gasteiger partial charge in [0.2, 0.25) is 0 Å². The molecule has 21 heavy (non-hydrogen) atoms. The summed E-state index contributed by atoms with van der Waals surface area (Å²) in [5, 5.41) is 11.0. The summed E-state index contributed by atoms with van der Waals surface area (Å²) in [5.41, 5.74) is 1.18. The third-order valence-electron chi connectivity index (χ3n) is 3.37. The number of ether oxygens (including phenoxy) is 1. The molecule has 0 spiro atoms. The molecule has 0 aliphatic rings. The number of hydrogen-bond acceptors (Lipinski definition) is 2. The van der Waals surface area contributed by atoms with Crippen LogP contribution in [0.25, 0.3) is 0 Å². The van der Waals surface area contributed by atoms with E-state index in [0.29, 0.717) is 22.4 Å². The summed E-state index contributed by atoms with van der Waals surface area (Å²) < 4.78 is 5.74. The van der Waals surface area contributed by atoms with Crippen molar-refractivity contribution in [1.29, 1.82) is 0 Å². The highest BCUT2D eigenvalue weighted by Crippen LogP contribution is 2.28. The van der Waals surface area contributed by atoms with Crippen molar-refractivity contribution < 1.29 is 9.84 Å². The Morgan fingerprint density at radius 2 is 1.81 bits per heavy atom. The Bertz CT molecular complexity index is 570. The first kappa shape index (κ1) is 16.2. The lowest BCUT2D eigenvalue weighted by Gasteiger charge is -2.21. The summed E-state index contributed by atoms with van der Waals surface area (Å²) in [6.07, 6.45) is 0.292. The molecular weight excluding hydrogens is 307 g/mol. The highest BCUT2D eigenvalue weighted by molar-refractivity contribution is 6.35. The predicted octanol–water partition coefficient (Wildman–Crippen LogP) is 4.61. The molecule has 112 valence electrons. The molecule has 2 aromatic rings. The maximum atomic E-state index is 9.93. The first-order valence-electron chi connectivity index (χ1n) is 6.86. The van der Waals surface area contributed by atoms with Gasteiger partial charge in [0.05, 0.1) is 17.7 Å². The molecule has 0 bridgehead atoms. The molecule has 0 aliphatic carbocycles. The van der Waals surface area contributed by atoms with Gasteiger partial charge in [-0.1, -0.05) is 53.5 Å². The molecule has 0 saturated heterocycles. The van der Waals surface area contributed by atoms with E-state index in [0.717, 1.165) is 6.42 Å². The topological polar surface area (TPSA) is 29.5 Å². The van der Waals surface area contributed by atoms with Crippen LogP contribution >= 0.6 is 23.2 Å². The Kier molecular flexibility index (Phi) is 5.92. The third kappa shape index (κ3) is 4.92. The number of aliphatic hydroxyl groups excluding tert-OH is 1. The van der Waals surface area contributed by atoms with Crippen LogP contribution < -0.4 is 4.74 Å². The van der Waals surface area contributed by atoms with Crippen molar-refractivity contribution in [1.82, 2.24) is 0 Å². The van der Waals surface area contributed by atoms with Gasteiger partial charge in [-0.25, -0.2) is 0 Å². The van der Waals surface area contributed by atoms with Crippen LogP contribution in [0.3, 0.4) is 0 Å². The second-order valence-corrected chi connectivity index (χ2v) is 5.92. The average Bonchev–Trinajstić information content (AvgIpc) is 2.46. The van der Waals surface area contributed by atoms with Gasteiger partial charge in [0.15, 0.2) is 0 Å². The molecule has 0 fully saturated rings. The lowest BCUT2D eigenvalue weighted by atomic mass is 9.95. The fourth-order valence-electron chi connectivity index (χ4n) is 2.07. The van der Waals surface area contributed by atoms with Gasteiger partial charge in [0.25, 0.3) is 0 Å². The van der Waals surface area contributed by atoms with E-state index in [9.17, 15) is 5.11 Å². The molecule has 0 saturated carbocycles. The second-order valence-electron chi connectivity index (χ2n) is 5.08. The molecule has 1 N–H and O–H groups in total. The van der Waals surface area contributed by atoms with Crippen LogP contribution in [0.2, 0.25) is 10.0 Å². The van der Waals surface area contributed by atoms with Crippen molar-refractivity contribution in [3.63, 3.8) is 0 Å². The molecule has 2 unspecified atom stereocenters. The molecule has 2 rings (SSSR count). The molecule has 4 heteroatoms. The number of aliphatic hydroxyl groups is 1. The summed E-state index contributed by atoms with van der Waals surface area (Å²) in [6, 6.07) is 15.2. The summed E-state index contributed by atoms with van der Waals surface area (Å²) in [4.78, 5) is 0. The van der Waals surface area contributed by atoms with E-state index in [1.807, 2.05) is 30.3 Å². The van der Waals surface area contributed by atoms with Crippen LogP contribution in [0.15, 0.2) is 48.5 Å². The fraction of sp³-hybridized carbons (Fsp3) is 0.294. The van der Waals surface area contributed by atoms with Gasteiger partial charge in [-0.05, 0) is 37.1 Å². The van der Waals surface area contributed by atoms with Gasteiger partial charge in [-0.2, -0.15) is 0 Å². The van der Waals surface area contributed by atoms with Gasteiger partial charge in [-0.3, -0.25) is 0 Å². The molecule has 2 aromatic carbocycles. The van der Waals surface area contributed by atoms with Crippen LogP contribution in [0.1, 0.15) is 12.5 Å². The van der Waals surface area contributed by atoms with E-state index in [-0.39, 0.29) is 5.92 Å². The lowest BCUT2D eigenvalue weighted by molar-refractivity contribution is 0.0889. The second kappa shape index (κ2) is 7.69. The van der Waals surface area contributed by atoms with E-state index < -0.39 is 6.10 Å². The quantitative estimate of drug-likeness (QED) is 0.840. The van der Waals surface area contributed by atoms with Crippen LogP contribution in [0.5, 0.6) is 5.75 Å². The van der Waals surface area contributed by atoms with Crippen LogP contribution in [-0.2, 0) is 6.42 Å². The highest BCUT2D eigenvalue weighted by atomic mass is 35.5. The fourth-order valence-corrected chi connectivity index (χ4v) is 2.54. The summed E-state index contributed by atoms with van der Waals surface area (Å²) >= 11 is 11.9. The Morgan fingerprint density at radius 3 is 2.43 bits per heavy atom. The zero-order valence-corrected chi connectivity index (χ0v) is 13.3. The summed E-state index contributed by atoms with van der Waals surface area (Å²) in [7, 11) is 0. The Balaban J connectivity index is 2.00. The van der Waals surface area contributed by atoms with Crippen molar-refractivity contribution in [2.24, 2.45) is 5.92 Å². The summed E-state index contributed by atoms with van der Waals surface area (Å²) in [6.45, 7) is 2.17. The minimum atomic E-state index is -0.462. The lowest BCUT2D eigenvalue weighted by Crippen LogP contribution is -2.26. The number of halogens is 2. The van der Waals surface area contributed by atoms with Gasteiger partial charge < -0.3 is 9.84 Å². The minimum Gasteiger partial charge on any atom is -0.492 e. The van der Waals surface area contributed by atoms with Crippen LogP contribution in [0.4, 0.5) is 0 Å². The molecule has 0 aromatic heterocycles. The maximum absolute atomic E-state index is 9.93.